The lowest BCUT2D eigenvalue weighted by atomic mass is 10.0. The zero-order valence-electron chi connectivity index (χ0n) is 13.6. The molecule has 6 nitrogen and oxygen atoms in total. The summed E-state index contributed by atoms with van der Waals surface area (Å²) in [7, 11) is -2.15. The zero-order chi connectivity index (χ0) is 17.2. The van der Waals surface area contributed by atoms with Crippen molar-refractivity contribution in [3.8, 4) is 5.75 Å². The van der Waals surface area contributed by atoms with Crippen molar-refractivity contribution in [1.29, 1.82) is 0 Å². The molecule has 0 aliphatic carbocycles. The van der Waals surface area contributed by atoms with Crippen LogP contribution < -0.4 is 9.46 Å². The van der Waals surface area contributed by atoms with Crippen molar-refractivity contribution in [3.63, 3.8) is 0 Å². The molecule has 0 radical (unpaired) electrons. The SMILES string of the molecule is COc1cc(C)c(S(=O)(=O)Nc2nnc(SC)s2)cc1C(C)C. The Bertz CT molecular complexity index is 801. The smallest absolute Gasteiger partial charge is 0.263 e. The van der Waals surface area contributed by atoms with Crippen LogP contribution in [0.25, 0.3) is 0 Å². The highest BCUT2D eigenvalue weighted by Crippen LogP contribution is 2.33. The number of anilines is 1. The van der Waals surface area contributed by atoms with E-state index in [1.165, 1.54) is 23.1 Å². The molecule has 1 heterocycles. The predicted octanol–water partition coefficient (Wildman–Crippen LogP) is 3.50. The molecule has 0 spiro atoms. The van der Waals surface area contributed by atoms with Crippen molar-refractivity contribution in [1.82, 2.24) is 10.2 Å². The number of methoxy groups -OCH3 is 1. The number of benzene rings is 1. The first-order valence-corrected chi connectivity index (χ1v) is 10.4. The second-order valence-corrected chi connectivity index (χ2v) is 8.88. The van der Waals surface area contributed by atoms with E-state index in [-0.39, 0.29) is 15.9 Å². The second kappa shape index (κ2) is 7.06. The third-order valence-corrected chi connectivity index (χ3v) is 6.67. The molecular weight excluding hydrogens is 354 g/mol. The zero-order valence-corrected chi connectivity index (χ0v) is 16.0. The third kappa shape index (κ3) is 3.96. The molecule has 2 aromatic rings. The van der Waals surface area contributed by atoms with Crippen molar-refractivity contribution < 1.29 is 13.2 Å². The number of ether oxygens (including phenoxy) is 1. The van der Waals surface area contributed by atoms with Gasteiger partial charge in [-0.15, -0.1) is 10.2 Å². The number of nitrogens with one attached hydrogen (secondary N) is 1. The standard InChI is InChI=1S/C14H19N3O3S3/c1-8(2)10-7-12(9(3)6-11(10)20-4)23(18,19)17-13-15-16-14(21-5)22-13/h6-8H,1-5H3,(H,15,17). The number of rotatable bonds is 6. The summed E-state index contributed by atoms with van der Waals surface area (Å²) in [6.45, 7) is 5.73. The lowest BCUT2D eigenvalue weighted by Gasteiger charge is -2.16. The number of aromatic nitrogens is 2. The quantitative estimate of drug-likeness (QED) is 0.781. The third-order valence-electron chi connectivity index (χ3n) is 3.24. The van der Waals surface area contributed by atoms with Crippen LogP contribution in [0.1, 0.15) is 30.9 Å². The Morgan fingerprint density at radius 2 is 2.00 bits per heavy atom. The highest BCUT2D eigenvalue weighted by molar-refractivity contribution is 8.00. The molecule has 0 fully saturated rings. The maximum atomic E-state index is 12.7. The molecule has 1 aromatic carbocycles. The fraction of sp³-hybridized carbons (Fsp3) is 0.429. The van der Waals surface area contributed by atoms with Gasteiger partial charge in [-0.3, -0.25) is 4.72 Å². The van der Waals surface area contributed by atoms with Crippen LogP contribution in [0.2, 0.25) is 0 Å². The van der Waals surface area contributed by atoms with Gasteiger partial charge in [0.15, 0.2) is 4.34 Å². The molecule has 126 valence electrons. The Balaban J connectivity index is 2.44. The molecule has 0 aliphatic heterocycles. The minimum atomic E-state index is -3.73. The summed E-state index contributed by atoms with van der Waals surface area (Å²) in [6.07, 6.45) is 1.86. The minimum Gasteiger partial charge on any atom is -0.496 e. The average molecular weight is 374 g/mol. The summed E-state index contributed by atoms with van der Waals surface area (Å²) in [6, 6.07) is 3.41. The summed E-state index contributed by atoms with van der Waals surface area (Å²) in [5.74, 6) is 0.834. The lowest BCUT2D eigenvalue weighted by molar-refractivity contribution is 0.406. The summed E-state index contributed by atoms with van der Waals surface area (Å²) in [4.78, 5) is 0.225. The number of thioether (sulfide) groups is 1. The Labute approximate surface area is 144 Å². The van der Waals surface area contributed by atoms with Gasteiger partial charge in [0.2, 0.25) is 5.13 Å². The van der Waals surface area contributed by atoms with Gasteiger partial charge in [0.25, 0.3) is 10.0 Å². The van der Waals surface area contributed by atoms with Crippen LogP contribution >= 0.6 is 23.1 Å². The first kappa shape index (κ1) is 18.0. The highest BCUT2D eigenvalue weighted by Gasteiger charge is 2.22. The summed E-state index contributed by atoms with van der Waals surface area (Å²) >= 11 is 2.62. The fourth-order valence-corrected chi connectivity index (χ4v) is 4.76. The minimum absolute atomic E-state index is 0.143. The summed E-state index contributed by atoms with van der Waals surface area (Å²) < 4.78 is 33.9. The molecular formula is C14H19N3O3S3. The van der Waals surface area contributed by atoms with Gasteiger partial charge < -0.3 is 4.74 Å². The van der Waals surface area contributed by atoms with E-state index in [2.05, 4.69) is 14.9 Å². The van der Waals surface area contributed by atoms with Crippen molar-refractivity contribution in [2.45, 2.75) is 35.9 Å². The molecule has 0 saturated carbocycles. The maximum Gasteiger partial charge on any atom is 0.263 e. The van der Waals surface area contributed by atoms with Crippen LogP contribution in [0, 0.1) is 6.92 Å². The van der Waals surface area contributed by atoms with Crippen LogP contribution in [-0.2, 0) is 10.0 Å². The maximum absolute atomic E-state index is 12.7. The second-order valence-electron chi connectivity index (χ2n) is 5.20. The topological polar surface area (TPSA) is 81.2 Å². The van der Waals surface area contributed by atoms with Crippen LogP contribution in [-0.4, -0.2) is 32.0 Å². The van der Waals surface area contributed by atoms with E-state index < -0.39 is 10.0 Å². The number of aryl methyl sites for hydroxylation is 1. The van der Waals surface area contributed by atoms with Gasteiger partial charge in [0, 0.05) is 0 Å². The van der Waals surface area contributed by atoms with E-state index >= 15 is 0 Å². The van der Waals surface area contributed by atoms with E-state index in [4.69, 9.17) is 4.74 Å². The van der Waals surface area contributed by atoms with Crippen LogP contribution in [0.5, 0.6) is 5.75 Å². The average Bonchev–Trinajstić information content (AvgIpc) is 2.93. The van der Waals surface area contributed by atoms with Crippen molar-refractivity contribution in [2.24, 2.45) is 0 Å². The first-order chi connectivity index (χ1) is 10.8. The normalized spacial score (nSPS) is 11.7. The van der Waals surface area contributed by atoms with E-state index in [0.29, 0.717) is 15.7 Å². The molecule has 0 saturated heterocycles. The molecule has 0 aliphatic rings. The fourth-order valence-electron chi connectivity index (χ4n) is 2.10. The Kier molecular flexibility index (Phi) is 5.53. The highest BCUT2D eigenvalue weighted by atomic mass is 32.2. The van der Waals surface area contributed by atoms with Gasteiger partial charge in [-0.05, 0) is 42.4 Å². The van der Waals surface area contributed by atoms with E-state index in [1.54, 1.807) is 26.2 Å². The van der Waals surface area contributed by atoms with Crippen LogP contribution in [0.15, 0.2) is 21.4 Å². The van der Waals surface area contributed by atoms with E-state index in [0.717, 1.165) is 5.56 Å². The van der Waals surface area contributed by atoms with Crippen molar-refractivity contribution in [2.75, 3.05) is 18.1 Å². The largest absolute Gasteiger partial charge is 0.496 e. The van der Waals surface area contributed by atoms with Gasteiger partial charge in [-0.2, -0.15) is 0 Å². The van der Waals surface area contributed by atoms with Crippen molar-refractivity contribution >= 4 is 38.3 Å². The Hall–Kier alpha value is -1.32. The summed E-state index contributed by atoms with van der Waals surface area (Å²) in [5, 5.41) is 8.00. The molecule has 0 unspecified atom stereocenters. The van der Waals surface area contributed by atoms with Gasteiger partial charge in [0.1, 0.15) is 5.75 Å². The monoisotopic (exact) mass is 373 g/mol. The number of hydrogen-bond donors (Lipinski definition) is 1. The number of hydrogen-bond acceptors (Lipinski definition) is 7. The predicted molar refractivity (Wildman–Crippen MR) is 94.3 cm³/mol. The van der Waals surface area contributed by atoms with Gasteiger partial charge in [-0.1, -0.05) is 36.9 Å². The van der Waals surface area contributed by atoms with Crippen LogP contribution in [0.4, 0.5) is 5.13 Å². The first-order valence-electron chi connectivity index (χ1n) is 6.87. The molecule has 23 heavy (non-hydrogen) atoms. The number of sulfonamides is 1. The molecule has 1 N–H and O–H groups in total. The number of nitrogens with zero attached hydrogens (tertiary/aromatic N) is 2. The molecule has 0 amide bonds. The van der Waals surface area contributed by atoms with Gasteiger partial charge in [0.05, 0.1) is 12.0 Å². The summed E-state index contributed by atoms with van der Waals surface area (Å²) in [5.41, 5.74) is 1.47. The van der Waals surface area contributed by atoms with E-state index in [9.17, 15) is 8.42 Å². The van der Waals surface area contributed by atoms with Gasteiger partial charge in [-0.25, -0.2) is 8.42 Å². The van der Waals surface area contributed by atoms with E-state index in [1.807, 2.05) is 20.1 Å². The molecule has 0 atom stereocenters. The van der Waals surface area contributed by atoms with Gasteiger partial charge >= 0.3 is 0 Å². The lowest BCUT2D eigenvalue weighted by Crippen LogP contribution is -2.15. The van der Waals surface area contributed by atoms with Crippen molar-refractivity contribution in [3.05, 3.63) is 23.3 Å². The molecule has 2 rings (SSSR count). The Morgan fingerprint density at radius 1 is 1.30 bits per heavy atom. The molecule has 9 heteroatoms. The Morgan fingerprint density at radius 3 is 2.52 bits per heavy atom. The van der Waals surface area contributed by atoms with Crippen LogP contribution in [0.3, 0.4) is 0 Å². The molecule has 1 aromatic heterocycles. The molecule has 0 bridgehead atoms.